The molecule has 0 amide bonds. The van der Waals surface area contributed by atoms with Crippen LogP contribution in [-0.4, -0.2) is 18.8 Å². The Labute approximate surface area is 63.7 Å². The summed E-state index contributed by atoms with van der Waals surface area (Å²) in [6.07, 6.45) is 2.27. The fourth-order valence-electron chi connectivity index (χ4n) is 0.759. The molecule has 0 bridgehead atoms. The molecule has 62 valence electrons. The Morgan fingerprint density at radius 1 is 1.40 bits per heavy atom. The van der Waals surface area contributed by atoms with Gasteiger partial charge in [-0.15, -0.1) is 0 Å². The van der Waals surface area contributed by atoms with Crippen molar-refractivity contribution in [3.05, 3.63) is 0 Å². The molecule has 2 N–H and O–H groups in total. The van der Waals surface area contributed by atoms with Crippen molar-refractivity contribution >= 4 is 0 Å². The van der Waals surface area contributed by atoms with Crippen LogP contribution in [0.3, 0.4) is 0 Å². The minimum atomic E-state index is 0.201. The van der Waals surface area contributed by atoms with E-state index in [4.69, 9.17) is 10.5 Å². The summed E-state index contributed by atoms with van der Waals surface area (Å²) in [7, 11) is 0. The Hall–Kier alpha value is -0.0800. The summed E-state index contributed by atoms with van der Waals surface area (Å²) in [6.45, 7) is 7.04. The molecular formula is C8H19NO. The van der Waals surface area contributed by atoms with Gasteiger partial charge in [-0.1, -0.05) is 13.8 Å². The van der Waals surface area contributed by atoms with E-state index in [9.17, 15) is 0 Å². The highest BCUT2D eigenvalue weighted by Gasteiger charge is 2.09. The zero-order valence-corrected chi connectivity index (χ0v) is 7.26. The molecule has 0 aliphatic heterocycles. The maximum absolute atomic E-state index is 5.73. The van der Waals surface area contributed by atoms with Crippen LogP contribution in [0.4, 0.5) is 0 Å². The Balaban J connectivity index is 3.31. The number of nitrogens with two attached hydrogens (primary N) is 1. The summed E-state index contributed by atoms with van der Waals surface area (Å²) >= 11 is 0. The summed E-state index contributed by atoms with van der Waals surface area (Å²) in [4.78, 5) is 0. The van der Waals surface area contributed by atoms with Gasteiger partial charge in [0.05, 0.1) is 6.10 Å². The molecule has 0 aromatic rings. The largest absolute Gasteiger partial charge is 0.377 e. The highest BCUT2D eigenvalue weighted by atomic mass is 16.5. The monoisotopic (exact) mass is 145 g/mol. The minimum absolute atomic E-state index is 0.201. The highest BCUT2D eigenvalue weighted by Crippen LogP contribution is 1.99. The fraction of sp³-hybridized carbons (Fsp3) is 1.00. The molecule has 0 aromatic heterocycles. The topological polar surface area (TPSA) is 35.2 Å². The summed E-state index contributed by atoms with van der Waals surface area (Å²) in [5.74, 6) is 0. The van der Waals surface area contributed by atoms with Gasteiger partial charge >= 0.3 is 0 Å². The summed E-state index contributed by atoms with van der Waals surface area (Å²) in [6, 6.07) is 0.201. The first-order chi connectivity index (χ1) is 4.72. The van der Waals surface area contributed by atoms with Crippen LogP contribution in [0.15, 0.2) is 0 Å². The summed E-state index contributed by atoms with van der Waals surface area (Å²) < 4.78 is 5.42. The lowest BCUT2D eigenvalue weighted by Crippen LogP contribution is -2.33. The Kier molecular flexibility index (Phi) is 5.64. The molecular weight excluding hydrogens is 126 g/mol. The first-order valence-corrected chi connectivity index (χ1v) is 4.09. The van der Waals surface area contributed by atoms with Crippen LogP contribution in [0.1, 0.15) is 33.6 Å². The Morgan fingerprint density at radius 2 is 2.00 bits per heavy atom. The van der Waals surface area contributed by atoms with Gasteiger partial charge in [-0.05, 0) is 19.8 Å². The highest BCUT2D eigenvalue weighted by molar-refractivity contribution is 4.66. The molecule has 0 saturated carbocycles. The smallest absolute Gasteiger partial charge is 0.0697 e. The van der Waals surface area contributed by atoms with Crippen molar-refractivity contribution in [1.82, 2.24) is 0 Å². The van der Waals surface area contributed by atoms with E-state index >= 15 is 0 Å². The minimum Gasteiger partial charge on any atom is -0.377 e. The van der Waals surface area contributed by atoms with E-state index < -0.39 is 0 Å². The first-order valence-electron chi connectivity index (χ1n) is 4.09. The standard InChI is InChI=1S/C8H19NO/c1-4-6-10-7(3)8(9)5-2/h7-8H,4-6,9H2,1-3H3. The zero-order valence-electron chi connectivity index (χ0n) is 7.26. The van der Waals surface area contributed by atoms with Crippen LogP contribution >= 0.6 is 0 Å². The summed E-state index contributed by atoms with van der Waals surface area (Å²) in [5.41, 5.74) is 5.73. The van der Waals surface area contributed by atoms with E-state index in [1.165, 1.54) is 0 Å². The Bertz CT molecular complexity index is 75.7. The molecule has 10 heavy (non-hydrogen) atoms. The molecule has 0 aliphatic rings. The second-order valence-corrected chi connectivity index (χ2v) is 2.65. The van der Waals surface area contributed by atoms with Crippen LogP contribution in [0.5, 0.6) is 0 Å². The van der Waals surface area contributed by atoms with Gasteiger partial charge in [-0.25, -0.2) is 0 Å². The molecule has 0 aliphatic carbocycles. The quantitative estimate of drug-likeness (QED) is 0.637. The number of ether oxygens (including phenoxy) is 1. The van der Waals surface area contributed by atoms with Crippen LogP contribution in [0.2, 0.25) is 0 Å². The van der Waals surface area contributed by atoms with Crippen LogP contribution in [-0.2, 0) is 4.74 Å². The van der Waals surface area contributed by atoms with Gasteiger partial charge in [0.1, 0.15) is 0 Å². The van der Waals surface area contributed by atoms with E-state index in [0.717, 1.165) is 19.4 Å². The van der Waals surface area contributed by atoms with E-state index in [0.29, 0.717) is 0 Å². The molecule has 2 atom stereocenters. The molecule has 0 aromatic carbocycles. The average Bonchev–Trinajstić information content (AvgIpc) is 1.98. The predicted molar refractivity (Wildman–Crippen MR) is 44.0 cm³/mol. The normalized spacial score (nSPS) is 16.8. The van der Waals surface area contributed by atoms with Crippen LogP contribution < -0.4 is 5.73 Å². The number of hydrogen-bond acceptors (Lipinski definition) is 2. The van der Waals surface area contributed by atoms with Gasteiger partial charge in [0.2, 0.25) is 0 Å². The Morgan fingerprint density at radius 3 is 2.40 bits per heavy atom. The van der Waals surface area contributed by atoms with E-state index in [-0.39, 0.29) is 12.1 Å². The van der Waals surface area contributed by atoms with Gasteiger partial charge < -0.3 is 10.5 Å². The predicted octanol–water partition coefficient (Wildman–Crippen LogP) is 1.54. The van der Waals surface area contributed by atoms with Crippen molar-refractivity contribution in [1.29, 1.82) is 0 Å². The van der Waals surface area contributed by atoms with Crippen molar-refractivity contribution in [2.45, 2.75) is 45.8 Å². The molecule has 0 rings (SSSR count). The molecule has 0 spiro atoms. The van der Waals surface area contributed by atoms with Crippen molar-refractivity contribution < 1.29 is 4.74 Å². The molecule has 2 heteroatoms. The lowest BCUT2D eigenvalue weighted by Gasteiger charge is -2.18. The van der Waals surface area contributed by atoms with Crippen LogP contribution in [0, 0.1) is 0 Å². The second-order valence-electron chi connectivity index (χ2n) is 2.65. The molecule has 0 saturated heterocycles. The lowest BCUT2D eigenvalue weighted by molar-refractivity contribution is 0.0479. The molecule has 2 unspecified atom stereocenters. The average molecular weight is 145 g/mol. The third-order valence-corrected chi connectivity index (χ3v) is 1.66. The zero-order chi connectivity index (χ0) is 7.98. The molecule has 0 heterocycles. The van der Waals surface area contributed by atoms with E-state index in [1.54, 1.807) is 0 Å². The maximum Gasteiger partial charge on any atom is 0.0697 e. The third-order valence-electron chi connectivity index (χ3n) is 1.66. The van der Waals surface area contributed by atoms with Crippen LogP contribution in [0.25, 0.3) is 0 Å². The lowest BCUT2D eigenvalue weighted by atomic mass is 10.1. The van der Waals surface area contributed by atoms with Gasteiger partial charge in [0.25, 0.3) is 0 Å². The molecule has 0 fully saturated rings. The first kappa shape index (κ1) is 9.92. The maximum atomic E-state index is 5.73. The van der Waals surface area contributed by atoms with Crippen molar-refractivity contribution in [3.63, 3.8) is 0 Å². The SMILES string of the molecule is CCCOC(C)C(N)CC. The summed E-state index contributed by atoms with van der Waals surface area (Å²) in [5, 5.41) is 0. The molecule has 2 nitrogen and oxygen atoms in total. The van der Waals surface area contributed by atoms with E-state index in [2.05, 4.69) is 13.8 Å². The van der Waals surface area contributed by atoms with Crippen molar-refractivity contribution in [3.8, 4) is 0 Å². The van der Waals surface area contributed by atoms with Gasteiger partial charge in [-0.3, -0.25) is 0 Å². The third kappa shape index (κ3) is 3.85. The van der Waals surface area contributed by atoms with E-state index in [1.807, 2.05) is 6.92 Å². The second kappa shape index (κ2) is 5.69. The fourth-order valence-corrected chi connectivity index (χ4v) is 0.759. The van der Waals surface area contributed by atoms with Gasteiger partial charge in [0.15, 0.2) is 0 Å². The number of hydrogen-bond donors (Lipinski definition) is 1. The van der Waals surface area contributed by atoms with Gasteiger partial charge in [0, 0.05) is 12.6 Å². The number of rotatable bonds is 5. The van der Waals surface area contributed by atoms with Crippen molar-refractivity contribution in [2.75, 3.05) is 6.61 Å². The van der Waals surface area contributed by atoms with Crippen molar-refractivity contribution in [2.24, 2.45) is 5.73 Å². The molecule has 0 radical (unpaired) electrons. The van der Waals surface area contributed by atoms with Gasteiger partial charge in [-0.2, -0.15) is 0 Å².